The van der Waals surface area contributed by atoms with Gasteiger partial charge in [-0.15, -0.1) is 9.46 Å². The van der Waals surface area contributed by atoms with Gasteiger partial charge in [0.2, 0.25) is 5.88 Å². The van der Waals surface area contributed by atoms with Crippen LogP contribution in [0.2, 0.25) is 0 Å². The highest BCUT2D eigenvalue weighted by atomic mass is 32.2. The molecule has 2 N–H and O–H groups in total. The minimum absolute atomic E-state index is 0.189. The molecular formula is C18H21FN6O4S. The zero-order valence-corrected chi connectivity index (χ0v) is 17.1. The van der Waals surface area contributed by atoms with Crippen LogP contribution in [0.25, 0.3) is 0 Å². The van der Waals surface area contributed by atoms with E-state index in [-0.39, 0.29) is 5.88 Å². The molecule has 160 valence electrons. The lowest BCUT2D eigenvalue weighted by Crippen LogP contribution is -2.29. The fourth-order valence-corrected chi connectivity index (χ4v) is 4.32. The number of urea groups is 1. The summed E-state index contributed by atoms with van der Waals surface area (Å²) in [7, 11) is -2.76. The van der Waals surface area contributed by atoms with E-state index in [0.717, 1.165) is 65.0 Å². The quantitative estimate of drug-likeness (QED) is 0.632. The highest BCUT2D eigenvalue weighted by Gasteiger charge is 2.29. The Morgan fingerprint density at radius 3 is 2.97 bits per heavy atom. The highest BCUT2D eigenvalue weighted by Crippen LogP contribution is 2.41. The molecule has 12 heteroatoms. The molecule has 2 atom stereocenters. The molecule has 2 aliphatic carbocycles. The van der Waals surface area contributed by atoms with Crippen LogP contribution in [0.15, 0.2) is 16.6 Å². The summed E-state index contributed by atoms with van der Waals surface area (Å²) < 4.78 is 35.5. The van der Waals surface area contributed by atoms with Gasteiger partial charge in [0.25, 0.3) is 0 Å². The number of hydrogen-bond donors (Lipinski definition) is 3. The summed E-state index contributed by atoms with van der Waals surface area (Å²) in [5, 5.41) is 6.39. The number of hydrogen-bond acceptors (Lipinski definition) is 6. The van der Waals surface area contributed by atoms with Gasteiger partial charge in [-0.3, -0.25) is 9.71 Å². The van der Waals surface area contributed by atoms with Crippen molar-refractivity contribution in [1.29, 1.82) is 0 Å². The summed E-state index contributed by atoms with van der Waals surface area (Å²) in [6.07, 6.45) is 4.52. The molecular weight excluding hydrogens is 415 g/mol. The van der Waals surface area contributed by atoms with E-state index in [1.54, 1.807) is 0 Å². The molecule has 0 fully saturated rings. The lowest BCUT2D eigenvalue weighted by molar-refractivity contribution is 0.209. The van der Waals surface area contributed by atoms with E-state index < -0.39 is 29.7 Å². The number of aromatic nitrogens is 3. The molecule has 2 aliphatic rings. The predicted octanol–water partition coefficient (Wildman–Crippen LogP) is 2.64. The second kappa shape index (κ2) is 8.38. The molecule has 1 unspecified atom stereocenters. The van der Waals surface area contributed by atoms with Crippen molar-refractivity contribution in [3.05, 3.63) is 34.8 Å². The predicted molar refractivity (Wildman–Crippen MR) is 106 cm³/mol. The van der Waals surface area contributed by atoms with Crippen LogP contribution in [-0.4, -0.2) is 31.1 Å². The Hall–Kier alpha value is -3.02. The van der Waals surface area contributed by atoms with Gasteiger partial charge in [-0.05, 0) is 49.1 Å². The first-order valence-corrected chi connectivity index (χ1v) is 10.8. The summed E-state index contributed by atoms with van der Waals surface area (Å²) >= 11 is 0. The molecule has 0 saturated carbocycles. The van der Waals surface area contributed by atoms with Crippen LogP contribution in [0.4, 0.5) is 19.7 Å². The zero-order chi connectivity index (χ0) is 21.3. The standard InChI is InChI=1S/C18H21FN6O4S/c1-10-5-6-12-15(10)20-13-4-2-3-11(13)16(12)21-17(26)23-30(28)24-18(27)29-14-7-8-25(9-19)22-14/h7-8,10,30H,2-6,9H2,1H3,(H2,20,21,23,24,26,27,28)/t10-/m1/s1. The van der Waals surface area contributed by atoms with Crippen molar-refractivity contribution in [1.82, 2.24) is 19.5 Å². The number of ether oxygens (including phenoxy) is 1. The third kappa shape index (κ3) is 4.13. The molecule has 2 heterocycles. The number of nitrogens with one attached hydrogen (secondary N) is 2. The maximum Gasteiger partial charge on any atom is 0.449 e. The van der Waals surface area contributed by atoms with Crippen molar-refractivity contribution in [2.24, 2.45) is 4.36 Å². The second-order valence-corrected chi connectivity index (χ2v) is 8.16. The first-order valence-electron chi connectivity index (χ1n) is 9.57. The van der Waals surface area contributed by atoms with Gasteiger partial charge in [-0.1, -0.05) is 6.92 Å². The Balaban J connectivity index is 1.44. The number of aryl methyl sites for hydroxylation is 1. The summed E-state index contributed by atoms with van der Waals surface area (Å²) in [4.78, 5) is 28.9. The first-order chi connectivity index (χ1) is 14.4. The maximum atomic E-state index is 12.4. The number of carbonyl (C=O) groups is 2. The smallest absolute Gasteiger partial charge is 0.388 e. The molecule has 0 aliphatic heterocycles. The SMILES string of the molecule is C[C@@H]1CCc2c1nc1c(c2NC(=O)N/[SH](=O)=N/C(=O)Oc2ccn(CF)n2)CCC1. The fraction of sp³-hybridized carbons (Fsp3) is 0.444. The summed E-state index contributed by atoms with van der Waals surface area (Å²) in [5.41, 5.74) is 4.79. The molecule has 10 nitrogen and oxygen atoms in total. The molecule has 0 saturated heterocycles. The van der Waals surface area contributed by atoms with Crippen LogP contribution in [0.3, 0.4) is 0 Å². The molecule has 0 spiro atoms. The minimum atomic E-state index is -2.76. The number of fused-ring (bicyclic) bond motifs is 2. The van der Waals surface area contributed by atoms with Gasteiger partial charge in [0.15, 0.2) is 6.80 Å². The lowest BCUT2D eigenvalue weighted by Gasteiger charge is -2.15. The van der Waals surface area contributed by atoms with Crippen molar-refractivity contribution >= 4 is 28.6 Å². The minimum Gasteiger partial charge on any atom is -0.388 e. The Labute approximate surface area is 173 Å². The maximum absolute atomic E-state index is 12.4. The molecule has 2 aromatic rings. The van der Waals surface area contributed by atoms with Crippen LogP contribution < -0.4 is 14.8 Å². The van der Waals surface area contributed by atoms with Crippen LogP contribution in [0.1, 0.15) is 48.2 Å². The van der Waals surface area contributed by atoms with Gasteiger partial charge in [-0.2, -0.15) is 0 Å². The van der Waals surface area contributed by atoms with Gasteiger partial charge in [0.05, 0.1) is 5.69 Å². The Morgan fingerprint density at radius 1 is 1.37 bits per heavy atom. The number of nitrogens with zero attached hydrogens (tertiary/aromatic N) is 4. The number of anilines is 1. The largest absolute Gasteiger partial charge is 0.449 e. The number of halogens is 1. The van der Waals surface area contributed by atoms with Crippen molar-refractivity contribution in [2.45, 2.75) is 51.7 Å². The summed E-state index contributed by atoms with van der Waals surface area (Å²) in [6.45, 7) is 1.23. The van der Waals surface area contributed by atoms with Gasteiger partial charge in [-0.25, -0.2) is 22.9 Å². The van der Waals surface area contributed by atoms with E-state index in [1.165, 1.54) is 12.3 Å². The topological polar surface area (TPSA) is 128 Å². The molecule has 3 amide bonds. The average Bonchev–Trinajstić information content (AvgIpc) is 3.42. The van der Waals surface area contributed by atoms with E-state index >= 15 is 0 Å². The van der Waals surface area contributed by atoms with E-state index in [0.29, 0.717) is 5.92 Å². The Morgan fingerprint density at radius 2 is 2.20 bits per heavy atom. The normalized spacial score (nSPS) is 18.0. The van der Waals surface area contributed by atoms with Crippen molar-refractivity contribution in [3.8, 4) is 5.88 Å². The third-order valence-electron chi connectivity index (χ3n) is 5.19. The summed E-state index contributed by atoms with van der Waals surface area (Å²) in [5.74, 6) is 0.142. The van der Waals surface area contributed by atoms with Gasteiger partial charge < -0.3 is 10.1 Å². The van der Waals surface area contributed by atoms with Gasteiger partial charge in [0.1, 0.15) is 10.8 Å². The van der Waals surface area contributed by atoms with Crippen LogP contribution in [0.5, 0.6) is 5.88 Å². The number of rotatable bonds is 4. The number of carbonyl (C=O) groups excluding carboxylic acids is 2. The Bertz CT molecular complexity index is 1090. The van der Waals surface area contributed by atoms with Crippen molar-refractivity contribution < 1.29 is 22.9 Å². The van der Waals surface area contributed by atoms with Crippen molar-refractivity contribution in [3.63, 3.8) is 0 Å². The van der Waals surface area contributed by atoms with E-state index in [1.807, 2.05) is 0 Å². The van der Waals surface area contributed by atoms with Gasteiger partial charge in [0, 0.05) is 23.7 Å². The number of pyridine rings is 1. The van der Waals surface area contributed by atoms with Crippen molar-refractivity contribution in [2.75, 3.05) is 5.32 Å². The number of thiol groups is 1. The van der Waals surface area contributed by atoms with E-state index in [4.69, 9.17) is 9.72 Å². The van der Waals surface area contributed by atoms with Crippen LogP contribution in [-0.2, 0) is 36.8 Å². The van der Waals surface area contributed by atoms with E-state index in [2.05, 4.69) is 26.4 Å². The first kappa shape index (κ1) is 20.3. The molecule has 30 heavy (non-hydrogen) atoms. The summed E-state index contributed by atoms with van der Waals surface area (Å²) in [6, 6.07) is 0.530. The number of amides is 3. The highest BCUT2D eigenvalue weighted by molar-refractivity contribution is 7.73. The average molecular weight is 436 g/mol. The fourth-order valence-electron chi connectivity index (χ4n) is 3.85. The molecule has 2 aromatic heterocycles. The molecule has 4 rings (SSSR count). The lowest BCUT2D eigenvalue weighted by atomic mass is 10.0. The number of alkyl halides is 1. The molecule has 0 aromatic carbocycles. The van der Waals surface area contributed by atoms with Gasteiger partial charge >= 0.3 is 12.1 Å². The second-order valence-electron chi connectivity index (χ2n) is 7.19. The van der Waals surface area contributed by atoms with E-state index in [9.17, 15) is 18.2 Å². The molecule has 0 bridgehead atoms. The van der Waals surface area contributed by atoms with Crippen LogP contribution >= 0.6 is 0 Å². The zero-order valence-electron chi connectivity index (χ0n) is 16.2. The Kier molecular flexibility index (Phi) is 5.66. The molecule has 0 radical (unpaired) electrons. The third-order valence-corrected chi connectivity index (χ3v) is 5.93. The van der Waals surface area contributed by atoms with Crippen LogP contribution in [0, 0.1) is 0 Å². The monoisotopic (exact) mass is 436 g/mol.